The van der Waals surface area contributed by atoms with Gasteiger partial charge in [-0.15, -0.1) is 11.3 Å². The monoisotopic (exact) mass is 385 g/mol. The van der Waals surface area contributed by atoms with Crippen molar-refractivity contribution in [1.82, 2.24) is 14.9 Å². The molecule has 0 fully saturated rings. The lowest BCUT2D eigenvalue weighted by atomic mass is 10.1. The first-order chi connectivity index (χ1) is 11.5. The number of halogens is 2. The van der Waals surface area contributed by atoms with Gasteiger partial charge in [0.1, 0.15) is 5.60 Å². The number of thiazole rings is 1. The van der Waals surface area contributed by atoms with Crippen LogP contribution in [0.4, 0.5) is 9.18 Å². The number of aryl methyl sites for hydroxylation is 1. The third kappa shape index (κ3) is 4.46. The van der Waals surface area contributed by atoms with Crippen molar-refractivity contribution in [1.29, 1.82) is 0 Å². The van der Waals surface area contributed by atoms with E-state index < -0.39 is 17.5 Å². The molecule has 0 spiro atoms. The van der Waals surface area contributed by atoms with Crippen molar-refractivity contribution < 1.29 is 13.9 Å². The van der Waals surface area contributed by atoms with E-state index in [0.717, 1.165) is 9.88 Å². The molecule has 0 radical (unpaired) electrons. The molecule has 5 nitrogen and oxygen atoms in total. The van der Waals surface area contributed by atoms with Gasteiger partial charge in [-0.1, -0.05) is 11.6 Å². The van der Waals surface area contributed by atoms with Crippen LogP contribution in [-0.2, 0) is 4.74 Å². The molecule has 1 amide bonds. The van der Waals surface area contributed by atoms with Crippen molar-refractivity contribution in [2.45, 2.75) is 46.3 Å². The fraction of sp³-hybridized carbons (Fsp3) is 0.471. The fourth-order valence-electron chi connectivity index (χ4n) is 2.19. The van der Waals surface area contributed by atoms with Gasteiger partial charge in [0.05, 0.1) is 21.6 Å². The van der Waals surface area contributed by atoms with E-state index in [2.05, 4.69) is 9.97 Å². The number of carbonyl (C=O) groups is 1. The summed E-state index contributed by atoms with van der Waals surface area (Å²) in [5.74, 6) is -0.622. The highest BCUT2D eigenvalue weighted by atomic mass is 35.5. The number of carbonyl (C=O) groups excluding carboxylic acids is 1. The molecule has 0 N–H and O–H groups in total. The minimum Gasteiger partial charge on any atom is -0.444 e. The van der Waals surface area contributed by atoms with E-state index in [1.165, 1.54) is 28.5 Å². The van der Waals surface area contributed by atoms with Gasteiger partial charge >= 0.3 is 6.09 Å². The molecule has 0 aliphatic rings. The van der Waals surface area contributed by atoms with E-state index in [-0.39, 0.29) is 16.8 Å². The van der Waals surface area contributed by atoms with Crippen LogP contribution in [0, 0.1) is 12.7 Å². The maximum Gasteiger partial charge on any atom is 0.410 e. The predicted octanol–water partition coefficient (Wildman–Crippen LogP) is 5.23. The Hall–Kier alpha value is -1.73. The predicted molar refractivity (Wildman–Crippen MR) is 97.5 cm³/mol. The molecule has 0 saturated carbocycles. The molecule has 0 aromatic carbocycles. The molecule has 0 aliphatic carbocycles. The average Bonchev–Trinajstić information content (AvgIpc) is 2.88. The van der Waals surface area contributed by atoms with Gasteiger partial charge in [0.25, 0.3) is 0 Å². The Balaban J connectivity index is 2.40. The number of hydrogen-bond donors (Lipinski definition) is 0. The number of rotatable bonds is 3. The Kier molecular flexibility index (Phi) is 5.68. The minimum atomic E-state index is -0.622. The minimum absolute atomic E-state index is 0.206. The van der Waals surface area contributed by atoms with Gasteiger partial charge < -0.3 is 9.64 Å². The molecular formula is C17H21ClFN3O2S. The van der Waals surface area contributed by atoms with E-state index in [4.69, 9.17) is 16.3 Å². The molecule has 2 aromatic rings. The van der Waals surface area contributed by atoms with Crippen LogP contribution >= 0.6 is 22.9 Å². The van der Waals surface area contributed by atoms with E-state index >= 15 is 0 Å². The summed E-state index contributed by atoms with van der Waals surface area (Å²) >= 11 is 7.20. The van der Waals surface area contributed by atoms with Crippen LogP contribution < -0.4 is 0 Å². The third-order valence-electron chi connectivity index (χ3n) is 3.50. The van der Waals surface area contributed by atoms with Gasteiger partial charge in [-0.05, 0) is 40.7 Å². The van der Waals surface area contributed by atoms with Crippen molar-refractivity contribution in [3.63, 3.8) is 0 Å². The molecule has 0 bridgehead atoms. The van der Waals surface area contributed by atoms with Crippen LogP contribution in [0.15, 0.2) is 12.3 Å². The summed E-state index contributed by atoms with van der Waals surface area (Å²) in [6, 6.07) is 1.18. The molecule has 8 heteroatoms. The summed E-state index contributed by atoms with van der Waals surface area (Å²) in [6.45, 7) is 9.10. The van der Waals surface area contributed by atoms with Gasteiger partial charge in [0.2, 0.25) is 0 Å². The number of nitrogens with zero attached hydrogens (tertiary/aromatic N) is 3. The summed E-state index contributed by atoms with van der Waals surface area (Å²) < 4.78 is 19.8. The number of amides is 1. The summed E-state index contributed by atoms with van der Waals surface area (Å²) in [6.07, 6.45) is 0.979. The second-order valence-corrected chi connectivity index (χ2v) is 8.27. The quantitative estimate of drug-likeness (QED) is 0.678. The topological polar surface area (TPSA) is 55.3 Å². The molecule has 2 rings (SSSR count). The first-order valence-electron chi connectivity index (χ1n) is 7.74. The van der Waals surface area contributed by atoms with Crippen LogP contribution in [0.1, 0.15) is 43.6 Å². The van der Waals surface area contributed by atoms with Gasteiger partial charge in [-0.2, -0.15) is 0 Å². The smallest absolute Gasteiger partial charge is 0.410 e. The maximum absolute atomic E-state index is 14.4. The molecule has 0 saturated heterocycles. The summed E-state index contributed by atoms with van der Waals surface area (Å²) in [7, 11) is 1.65. The zero-order valence-corrected chi connectivity index (χ0v) is 16.6. The van der Waals surface area contributed by atoms with E-state index in [9.17, 15) is 9.18 Å². The lowest BCUT2D eigenvalue weighted by Crippen LogP contribution is -2.35. The van der Waals surface area contributed by atoms with Crippen LogP contribution in [0.2, 0.25) is 5.15 Å². The van der Waals surface area contributed by atoms with Crippen LogP contribution in [0.5, 0.6) is 0 Å². The van der Waals surface area contributed by atoms with Gasteiger partial charge in [-0.3, -0.25) is 0 Å². The zero-order valence-electron chi connectivity index (χ0n) is 15.1. The molecule has 0 aliphatic heterocycles. The first-order valence-corrected chi connectivity index (χ1v) is 8.94. The van der Waals surface area contributed by atoms with Crippen LogP contribution in [0.25, 0.3) is 11.3 Å². The second kappa shape index (κ2) is 7.25. The highest BCUT2D eigenvalue weighted by Gasteiger charge is 2.28. The van der Waals surface area contributed by atoms with E-state index in [0.29, 0.717) is 5.69 Å². The Bertz CT molecular complexity index is 789. The SMILES string of the molecule is Cc1nc(-c2ccnc(Cl)c2F)c(C(C)N(C)C(=O)OC(C)(C)C)s1. The number of ether oxygens (including phenoxy) is 1. The van der Waals surface area contributed by atoms with Crippen molar-refractivity contribution in [2.75, 3.05) is 7.05 Å². The molecule has 2 aromatic heterocycles. The molecule has 1 unspecified atom stereocenters. The molecule has 1 atom stereocenters. The molecule has 25 heavy (non-hydrogen) atoms. The Morgan fingerprint density at radius 2 is 2.08 bits per heavy atom. The standard InChI is InChI=1S/C17H21ClFN3O2S/c1-9(22(6)16(23)24-17(3,4)5)14-13(21-10(2)25-14)11-7-8-20-15(18)12(11)19/h7-9H,1-6H3. The highest BCUT2D eigenvalue weighted by Crippen LogP contribution is 2.37. The second-order valence-electron chi connectivity index (χ2n) is 6.68. The first kappa shape index (κ1) is 19.6. The van der Waals surface area contributed by atoms with Gasteiger partial charge in [0.15, 0.2) is 11.0 Å². The normalized spacial score (nSPS) is 12.8. The largest absolute Gasteiger partial charge is 0.444 e. The van der Waals surface area contributed by atoms with Crippen LogP contribution in [0.3, 0.4) is 0 Å². The maximum atomic E-state index is 14.4. The molecule has 2 heterocycles. The van der Waals surface area contributed by atoms with Crippen LogP contribution in [-0.4, -0.2) is 33.6 Å². The molecule has 136 valence electrons. The Morgan fingerprint density at radius 3 is 2.68 bits per heavy atom. The van der Waals surface area contributed by atoms with Crippen molar-refractivity contribution in [2.24, 2.45) is 0 Å². The highest BCUT2D eigenvalue weighted by molar-refractivity contribution is 7.12. The van der Waals surface area contributed by atoms with Gasteiger partial charge in [-0.25, -0.2) is 19.2 Å². The van der Waals surface area contributed by atoms with Crippen molar-refractivity contribution >= 4 is 29.0 Å². The van der Waals surface area contributed by atoms with Crippen molar-refractivity contribution in [3.05, 3.63) is 33.1 Å². The fourth-order valence-corrected chi connectivity index (χ4v) is 3.38. The number of pyridine rings is 1. The van der Waals surface area contributed by atoms with Gasteiger partial charge in [0, 0.05) is 18.8 Å². The Morgan fingerprint density at radius 1 is 1.44 bits per heavy atom. The lowest BCUT2D eigenvalue weighted by Gasteiger charge is -2.28. The summed E-state index contributed by atoms with van der Waals surface area (Å²) in [4.78, 5) is 22.7. The van der Waals surface area contributed by atoms with E-state index in [1.54, 1.807) is 27.8 Å². The average molecular weight is 386 g/mol. The Labute approximate surface area is 155 Å². The zero-order chi connectivity index (χ0) is 18.9. The summed E-state index contributed by atoms with van der Waals surface area (Å²) in [5, 5.41) is 0.559. The lowest BCUT2D eigenvalue weighted by molar-refractivity contribution is 0.0236. The van der Waals surface area contributed by atoms with Crippen molar-refractivity contribution in [3.8, 4) is 11.3 Å². The number of hydrogen-bond acceptors (Lipinski definition) is 5. The third-order valence-corrected chi connectivity index (χ3v) is 4.91. The molecular weight excluding hydrogens is 365 g/mol. The van der Waals surface area contributed by atoms with E-state index in [1.807, 2.05) is 13.8 Å². The number of aromatic nitrogens is 2. The summed E-state index contributed by atoms with van der Waals surface area (Å²) in [5.41, 5.74) is 0.137.